The largest absolute Gasteiger partial charge is 0.493 e. The Morgan fingerprint density at radius 3 is 2.22 bits per heavy atom. The van der Waals surface area contributed by atoms with Gasteiger partial charge in [-0.1, -0.05) is 6.07 Å². The van der Waals surface area contributed by atoms with Gasteiger partial charge in [-0.2, -0.15) is 22.0 Å². The molecule has 5 rings (SSSR count). The lowest BCUT2D eigenvalue weighted by molar-refractivity contribution is -0.141. The van der Waals surface area contributed by atoms with Crippen molar-refractivity contribution in [3.63, 3.8) is 0 Å². The van der Waals surface area contributed by atoms with Gasteiger partial charge >= 0.3 is 12.1 Å². The Labute approximate surface area is 260 Å². The van der Waals surface area contributed by atoms with Gasteiger partial charge in [0.05, 0.1) is 30.9 Å². The molecule has 0 atom stereocenters. The second-order valence-electron chi connectivity index (χ2n) is 10.8. The van der Waals surface area contributed by atoms with Gasteiger partial charge in [0.15, 0.2) is 11.5 Å². The number of rotatable bonds is 9. The predicted octanol–water partition coefficient (Wildman–Crippen LogP) is 6.68. The molecular weight excluding hydrogens is 618 g/mol. The first-order valence-corrected chi connectivity index (χ1v) is 14.1. The van der Waals surface area contributed by atoms with Crippen LogP contribution in [0.25, 0.3) is 10.9 Å². The molecule has 1 saturated heterocycles. The van der Waals surface area contributed by atoms with E-state index in [2.05, 4.69) is 9.88 Å². The van der Waals surface area contributed by atoms with E-state index in [0.717, 1.165) is 18.2 Å². The average molecular weight is 649 g/mol. The number of amides is 1. The number of hydrogen-bond acceptors (Lipinski definition) is 7. The zero-order chi connectivity index (χ0) is 33.2. The van der Waals surface area contributed by atoms with Crippen LogP contribution in [0, 0.1) is 5.82 Å². The molecule has 3 aromatic carbocycles. The van der Waals surface area contributed by atoms with Gasteiger partial charge in [-0.15, -0.1) is 0 Å². The second kappa shape index (κ2) is 13.0. The standard InChI is InChI=1S/C32H30F6N4O4/c1-41-10-12-42(13-11-41)18-19-4-5-20(14-24(19)32(36,37)38)40-30(43)31(34,35)23-7-6-21(15-25(23)33)46-27-8-9-39-26-17-29(45-3)28(44-2)16-22(26)27/h4-9,14-17H,10-13,18H2,1-3H3,(H,40,43). The van der Waals surface area contributed by atoms with Gasteiger partial charge in [0.1, 0.15) is 17.3 Å². The third-order valence-corrected chi connectivity index (χ3v) is 7.66. The fourth-order valence-electron chi connectivity index (χ4n) is 5.11. The summed E-state index contributed by atoms with van der Waals surface area (Å²) in [6.45, 7) is 2.53. The molecule has 1 fully saturated rings. The molecule has 46 heavy (non-hydrogen) atoms. The highest BCUT2D eigenvalue weighted by Crippen LogP contribution is 2.39. The minimum absolute atomic E-state index is 0.00369. The Morgan fingerprint density at radius 2 is 1.57 bits per heavy atom. The quantitative estimate of drug-likeness (QED) is 0.203. The summed E-state index contributed by atoms with van der Waals surface area (Å²) in [7, 11) is 4.81. The molecule has 8 nitrogen and oxygen atoms in total. The van der Waals surface area contributed by atoms with Crippen molar-refractivity contribution < 1.29 is 45.3 Å². The topological polar surface area (TPSA) is 76.2 Å². The first-order valence-electron chi connectivity index (χ1n) is 14.1. The van der Waals surface area contributed by atoms with Crippen LogP contribution in [0.5, 0.6) is 23.0 Å². The van der Waals surface area contributed by atoms with Gasteiger partial charge in [0.25, 0.3) is 5.91 Å². The smallest absolute Gasteiger partial charge is 0.416 e. The molecule has 2 heterocycles. The predicted molar refractivity (Wildman–Crippen MR) is 158 cm³/mol. The van der Waals surface area contributed by atoms with E-state index in [1.54, 1.807) is 12.1 Å². The fraction of sp³-hybridized carbons (Fsp3) is 0.312. The minimum atomic E-state index is -4.80. The number of anilines is 1. The number of carbonyl (C=O) groups is 1. The summed E-state index contributed by atoms with van der Waals surface area (Å²) >= 11 is 0. The molecule has 0 spiro atoms. The van der Waals surface area contributed by atoms with E-state index in [-0.39, 0.29) is 23.6 Å². The van der Waals surface area contributed by atoms with E-state index in [1.807, 2.05) is 17.3 Å². The molecule has 0 radical (unpaired) electrons. The summed E-state index contributed by atoms with van der Waals surface area (Å²) in [5.41, 5.74) is -2.44. The van der Waals surface area contributed by atoms with Crippen molar-refractivity contribution in [2.24, 2.45) is 0 Å². The molecule has 14 heteroatoms. The van der Waals surface area contributed by atoms with Crippen LogP contribution in [0.15, 0.2) is 60.8 Å². The van der Waals surface area contributed by atoms with Gasteiger partial charge in [0.2, 0.25) is 0 Å². The first kappa shape index (κ1) is 32.8. The van der Waals surface area contributed by atoms with Crippen molar-refractivity contribution in [3.8, 4) is 23.0 Å². The Morgan fingerprint density at radius 1 is 0.870 bits per heavy atom. The summed E-state index contributed by atoms with van der Waals surface area (Å²) < 4.78 is 104. The number of methoxy groups -OCH3 is 2. The molecule has 0 aliphatic carbocycles. The average Bonchev–Trinajstić information content (AvgIpc) is 3.01. The Hall–Kier alpha value is -4.56. The third kappa shape index (κ3) is 6.97. The van der Waals surface area contributed by atoms with E-state index >= 15 is 13.2 Å². The van der Waals surface area contributed by atoms with Crippen molar-refractivity contribution in [1.29, 1.82) is 0 Å². The lowest BCUT2D eigenvalue weighted by Crippen LogP contribution is -2.44. The summed E-state index contributed by atoms with van der Waals surface area (Å²) in [5, 5.41) is 2.28. The van der Waals surface area contributed by atoms with Crippen molar-refractivity contribution in [3.05, 3.63) is 83.3 Å². The van der Waals surface area contributed by atoms with E-state index in [4.69, 9.17) is 14.2 Å². The first-order chi connectivity index (χ1) is 21.8. The summed E-state index contributed by atoms with van der Waals surface area (Å²) in [5.74, 6) is -7.08. The maximum absolute atomic E-state index is 15.2. The van der Waals surface area contributed by atoms with Crippen molar-refractivity contribution in [2.75, 3.05) is 52.8 Å². The zero-order valence-electron chi connectivity index (χ0n) is 25.1. The molecule has 0 unspecified atom stereocenters. The van der Waals surface area contributed by atoms with Crippen LogP contribution >= 0.6 is 0 Å². The SMILES string of the molecule is COc1cc2nccc(Oc3ccc(C(F)(F)C(=O)Nc4ccc(CN5CCN(C)CC5)c(C(F)(F)F)c4)c(F)c3)c2cc1OC. The molecular formula is C32H30F6N4O4. The fourth-order valence-corrected chi connectivity index (χ4v) is 5.11. The Balaban J connectivity index is 1.34. The number of pyridine rings is 1. The molecule has 1 aromatic heterocycles. The van der Waals surface area contributed by atoms with Gasteiger partial charge < -0.3 is 24.4 Å². The number of aromatic nitrogens is 1. The van der Waals surface area contributed by atoms with Crippen LogP contribution in [0.3, 0.4) is 0 Å². The second-order valence-corrected chi connectivity index (χ2v) is 10.8. The minimum Gasteiger partial charge on any atom is -0.493 e. The van der Waals surface area contributed by atoms with Crippen molar-refractivity contribution in [1.82, 2.24) is 14.8 Å². The van der Waals surface area contributed by atoms with Gasteiger partial charge in [-0.3, -0.25) is 14.7 Å². The van der Waals surface area contributed by atoms with Gasteiger partial charge in [0, 0.05) is 62.1 Å². The molecule has 0 bridgehead atoms. The number of alkyl halides is 5. The number of nitrogens with zero attached hydrogens (tertiary/aromatic N) is 3. The maximum atomic E-state index is 15.2. The number of fused-ring (bicyclic) bond motifs is 1. The number of benzene rings is 3. The monoisotopic (exact) mass is 648 g/mol. The summed E-state index contributed by atoms with van der Waals surface area (Å²) in [4.78, 5) is 20.8. The van der Waals surface area contributed by atoms with Crippen LogP contribution in [0.2, 0.25) is 0 Å². The van der Waals surface area contributed by atoms with Crippen LogP contribution in [-0.2, 0) is 23.4 Å². The lowest BCUT2D eigenvalue weighted by Gasteiger charge is -2.33. The number of carbonyl (C=O) groups excluding carboxylic acids is 1. The molecule has 1 N–H and O–H groups in total. The van der Waals surface area contributed by atoms with Gasteiger partial charge in [-0.05, 0) is 49.0 Å². The Kier molecular flexibility index (Phi) is 9.31. The molecule has 244 valence electrons. The number of likely N-dealkylation sites (N-methyl/N-ethyl adjacent to an activating group) is 1. The number of halogens is 6. The van der Waals surface area contributed by atoms with E-state index in [0.29, 0.717) is 66.8 Å². The number of hydrogen-bond donors (Lipinski definition) is 1. The number of nitrogens with one attached hydrogen (secondary N) is 1. The summed E-state index contributed by atoms with van der Waals surface area (Å²) in [6, 6.07) is 9.94. The van der Waals surface area contributed by atoms with Crippen molar-refractivity contribution >= 4 is 22.5 Å². The molecule has 1 aliphatic heterocycles. The Bertz CT molecular complexity index is 1740. The molecule has 1 amide bonds. The highest BCUT2D eigenvalue weighted by Gasteiger charge is 2.44. The van der Waals surface area contributed by atoms with Crippen molar-refractivity contribution in [2.45, 2.75) is 18.6 Å². The highest BCUT2D eigenvalue weighted by molar-refractivity contribution is 5.97. The highest BCUT2D eigenvalue weighted by atomic mass is 19.4. The molecule has 1 aliphatic rings. The number of piperazine rings is 1. The van der Waals surface area contributed by atoms with Crippen LogP contribution in [0.4, 0.5) is 32.0 Å². The third-order valence-electron chi connectivity index (χ3n) is 7.66. The molecule has 4 aromatic rings. The number of ether oxygens (including phenoxy) is 3. The van der Waals surface area contributed by atoms with Crippen LogP contribution in [0.1, 0.15) is 16.7 Å². The van der Waals surface area contributed by atoms with E-state index < -0.39 is 40.6 Å². The van der Waals surface area contributed by atoms with Crippen LogP contribution in [-0.4, -0.2) is 68.1 Å². The normalized spacial score (nSPS) is 14.7. The van der Waals surface area contributed by atoms with Gasteiger partial charge in [-0.25, -0.2) is 4.39 Å². The summed E-state index contributed by atoms with van der Waals surface area (Å²) in [6.07, 6.45) is -3.37. The van der Waals surface area contributed by atoms with E-state index in [1.165, 1.54) is 26.5 Å². The molecule has 0 saturated carbocycles. The maximum Gasteiger partial charge on any atom is 0.416 e. The zero-order valence-corrected chi connectivity index (χ0v) is 25.1. The van der Waals surface area contributed by atoms with Crippen LogP contribution < -0.4 is 19.5 Å². The lowest BCUT2D eigenvalue weighted by atomic mass is 10.0. The van der Waals surface area contributed by atoms with E-state index in [9.17, 15) is 18.0 Å².